The zero-order valence-electron chi connectivity index (χ0n) is 6.91. The van der Waals surface area contributed by atoms with E-state index in [2.05, 4.69) is 11.9 Å². The van der Waals surface area contributed by atoms with Gasteiger partial charge in [-0.05, 0) is 6.08 Å². The molecule has 1 saturated heterocycles. The summed E-state index contributed by atoms with van der Waals surface area (Å²) in [6.45, 7) is 5.63. The van der Waals surface area contributed by atoms with Crippen LogP contribution in [-0.2, 0) is 14.3 Å². The molecule has 0 aromatic carbocycles. The van der Waals surface area contributed by atoms with Crippen molar-refractivity contribution in [1.29, 1.82) is 0 Å². The van der Waals surface area contributed by atoms with Crippen LogP contribution in [0.2, 0.25) is 0 Å². The summed E-state index contributed by atoms with van der Waals surface area (Å²) in [5, 5.41) is 2.64. The van der Waals surface area contributed by atoms with Crippen molar-refractivity contribution in [3.63, 3.8) is 0 Å². The summed E-state index contributed by atoms with van der Waals surface area (Å²) >= 11 is 0. The van der Waals surface area contributed by atoms with Gasteiger partial charge in [0.15, 0.2) is 0 Å². The molecule has 0 aromatic heterocycles. The smallest absolute Gasteiger partial charge is 0.243 e. The van der Waals surface area contributed by atoms with Gasteiger partial charge in [-0.25, -0.2) is 0 Å². The van der Waals surface area contributed by atoms with E-state index in [0.29, 0.717) is 26.4 Å². The van der Waals surface area contributed by atoms with Gasteiger partial charge in [-0.3, -0.25) is 4.79 Å². The standard InChI is InChI=1S/C8H13NO3/c1-2-8(10)9-5-7-6-11-3-4-12-7/h2,7H,1,3-6H2,(H,9,10). The monoisotopic (exact) mass is 171 g/mol. The lowest BCUT2D eigenvalue weighted by Crippen LogP contribution is -2.39. The highest BCUT2D eigenvalue weighted by atomic mass is 16.6. The summed E-state index contributed by atoms with van der Waals surface area (Å²) in [5.41, 5.74) is 0. The van der Waals surface area contributed by atoms with Crippen LogP contribution in [0.5, 0.6) is 0 Å². The van der Waals surface area contributed by atoms with E-state index in [1.165, 1.54) is 6.08 Å². The normalized spacial score (nSPS) is 23.2. The number of rotatable bonds is 3. The Labute approximate surface area is 71.5 Å². The molecule has 1 heterocycles. The third kappa shape index (κ3) is 3.02. The molecule has 0 radical (unpaired) electrons. The lowest BCUT2D eigenvalue weighted by atomic mass is 10.3. The SMILES string of the molecule is C=CC(=O)NCC1COCCO1. The van der Waals surface area contributed by atoms with Crippen LogP contribution in [0, 0.1) is 0 Å². The molecule has 1 rings (SSSR count). The number of amides is 1. The molecular weight excluding hydrogens is 158 g/mol. The fourth-order valence-corrected chi connectivity index (χ4v) is 0.941. The van der Waals surface area contributed by atoms with Crippen LogP contribution in [0.4, 0.5) is 0 Å². The molecule has 4 nitrogen and oxygen atoms in total. The van der Waals surface area contributed by atoms with Crippen molar-refractivity contribution in [2.45, 2.75) is 6.10 Å². The van der Waals surface area contributed by atoms with Gasteiger partial charge in [0.05, 0.1) is 25.9 Å². The van der Waals surface area contributed by atoms with Crippen molar-refractivity contribution in [3.05, 3.63) is 12.7 Å². The summed E-state index contributed by atoms with van der Waals surface area (Å²) in [7, 11) is 0. The van der Waals surface area contributed by atoms with Gasteiger partial charge >= 0.3 is 0 Å². The van der Waals surface area contributed by atoms with Gasteiger partial charge < -0.3 is 14.8 Å². The van der Waals surface area contributed by atoms with Crippen molar-refractivity contribution in [2.24, 2.45) is 0 Å². The van der Waals surface area contributed by atoms with Crippen LogP contribution in [0.25, 0.3) is 0 Å². The minimum absolute atomic E-state index is 0.0114. The first kappa shape index (κ1) is 9.22. The Bertz CT molecular complexity index is 164. The fourth-order valence-electron chi connectivity index (χ4n) is 0.941. The van der Waals surface area contributed by atoms with E-state index in [1.807, 2.05) is 0 Å². The van der Waals surface area contributed by atoms with Gasteiger partial charge in [-0.1, -0.05) is 6.58 Å². The lowest BCUT2D eigenvalue weighted by Gasteiger charge is -2.22. The first-order chi connectivity index (χ1) is 5.83. The summed E-state index contributed by atoms with van der Waals surface area (Å²) in [5.74, 6) is -0.177. The van der Waals surface area contributed by atoms with Crippen LogP contribution in [0.3, 0.4) is 0 Å². The average molecular weight is 171 g/mol. The van der Waals surface area contributed by atoms with Crippen molar-refractivity contribution < 1.29 is 14.3 Å². The highest BCUT2D eigenvalue weighted by Gasteiger charge is 2.13. The molecule has 4 heteroatoms. The second kappa shape index (κ2) is 4.90. The topological polar surface area (TPSA) is 47.6 Å². The zero-order valence-corrected chi connectivity index (χ0v) is 6.91. The van der Waals surface area contributed by atoms with Gasteiger partial charge in [-0.2, -0.15) is 0 Å². The van der Waals surface area contributed by atoms with Crippen LogP contribution in [0.1, 0.15) is 0 Å². The molecule has 1 aliphatic heterocycles. The van der Waals surface area contributed by atoms with E-state index in [-0.39, 0.29) is 12.0 Å². The summed E-state index contributed by atoms with van der Waals surface area (Å²) in [6.07, 6.45) is 1.23. The largest absolute Gasteiger partial charge is 0.376 e. The molecule has 0 aliphatic carbocycles. The minimum Gasteiger partial charge on any atom is -0.376 e. The van der Waals surface area contributed by atoms with E-state index in [1.54, 1.807) is 0 Å². The Hall–Kier alpha value is -0.870. The van der Waals surface area contributed by atoms with Crippen LogP contribution in [-0.4, -0.2) is 38.4 Å². The summed E-state index contributed by atoms with van der Waals surface area (Å²) in [6, 6.07) is 0. The average Bonchev–Trinajstić information content (AvgIpc) is 2.16. The predicted molar refractivity (Wildman–Crippen MR) is 43.8 cm³/mol. The van der Waals surface area contributed by atoms with Gasteiger partial charge in [0.1, 0.15) is 0 Å². The van der Waals surface area contributed by atoms with E-state index in [9.17, 15) is 4.79 Å². The van der Waals surface area contributed by atoms with E-state index < -0.39 is 0 Å². The Morgan fingerprint density at radius 3 is 3.08 bits per heavy atom. The molecule has 1 unspecified atom stereocenters. The summed E-state index contributed by atoms with van der Waals surface area (Å²) in [4.78, 5) is 10.7. The molecule has 0 bridgehead atoms. The molecule has 1 aliphatic rings. The van der Waals surface area contributed by atoms with Gasteiger partial charge in [0, 0.05) is 6.54 Å². The second-order valence-electron chi connectivity index (χ2n) is 2.52. The van der Waals surface area contributed by atoms with Crippen molar-refractivity contribution in [1.82, 2.24) is 5.32 Å². The molecule has 12 heavy (non-hydrogen) atoms. The first-order valence-electron chi connectivity index (χ1n) is 3.92. The predicted octanol–water partition coefficient (Wildman–Crippen LogP) is -0.296. The highest BCUT2D eigenvalue weighted by molar-refractivity contribution is 5.86. The lowest BCUT2D eigenvalue weighted by molar-refractivity contribution is -0.119. The molecule has 0 spiro atoms. The maximum absolute atomic E-state index is 10.7. The van der Waals surface area contributed by atoms with E-state index >= 15 is 0 Å². The van der Waals surface area contributed by atoms with Crippen molar-refractivity contribution >= 4 is 5.91 Å². The molecule has 0 aromatic rings. The molecule has 1 atom stereocenters. The van der Waals surface area contributed by atoms with Gasteiger partial charge in [0.25, 0.3) is 0 Å². The Morgan fingerprint density at radius 2 is 2.50 bits per heavy atom. The number of ether oxygens (including phenoxy) is 2. The maximum Gasteiger partial charge on any atom is 0.243 e. The first-order valence-corrected chi connectivity index (χ1v) is 3.92. The number of hydrogen-bond donors (Lipinski definition) is 1. The van der Waals surface area contributed by atoms with Crippen molar-refractivity contribution in [2.75, 3.05) is 26.4 Å². The molecular formula is C8H13NO3. The number of carbonyl (C=O) groups excluding carboxylic acids is 1. The van der Waals surface area contributed by atoms with Crippen LogP contribution >= 0.6 is 0 Å². The highest BCUT2D eigenvalue weighted by Crippen LogP contribution is 1.98. The number of carbonyl (C=O) groups is 1. The zero-order chi connectivity index (χ0) is 8.81. The minimum atomic E-state index is -0.177. The van der Waals surface area contributed by atoms with Crippen LogP contribution in [0.15, 0.2) is 12.7 Å². The third-order valence-electron chi connectivity index (χ3n) is 1.57. The molecule has 1 amide bonds. The third-order valence-corrected chi connectivity index (χ3v) is 1.57. The van der Waals surface area contributed by atoms with E-state index in [0.717, 1.165) is 0 Å². The number of nitrogens with one attached hydrogen (secondary N) is 1. The quantitative estimate of drug-likeness (QED) is 0.593. The van der Waals surface area contributed by atoms with Crippen LogP contribution < -0.4 is 5.32 Å². The molecule has 1 fully saturated rings. The molecule has 0 saturated carbocycles. The molecule has 68 valence electrons. The second-order valence-corrected chi connectivity index (χ2v) is 2.52. The summed E-state index contributed by atoms with van der Waals surface area (Å²) < 4.78 is 10.4. The Morgan fingerprint density at radius 1 is 1.67 bits per heavy atom. The maximum atomic E-state index is 10.7. The fraction of sp³-hybridized carbons (Fsp3) is 0.625. The molecule has 1 N–H and O–H groups in total. The number of hydrogen-bond acceptors (Lipinski definition) is 3. The Balaban J connectivity index is 2.12. The van der Waals surface area contributed by atoms with E-state index in [4.69, 9.17) is 9.47 Å². The van der Waals surface area contributed by atoms with Gasteiger partial charge in [0.2, 0.25) is 5.91 Å². The van der Waals surface area contributed by atoms with Gasteiger partial charge in [-0.15, -0.1) is 0 Å². The Kier molecular flexibility index (Phi) is 3.76. The van der Waals surface area contributed by atoms with Crippen molar-refractivity contribution in [3.8, 4) is 0 Å².